The Labute approximate surface area is 302 Å². The zero-order chi connectivity index (χ0) is 37.4. The monoisotopic (exact) mass is 711 g/mol. The van der Waals surface area contributed by atoms with Gasteiger partial charge in [0.15, 0.2) is 0 Å². The molecule has 2 aliphatic rings. The van der Waals surface area contributed by atoms with Crippen LogP contribution in [0.5, 0.6) is 0 Å². The maximum absolute atomic E-state index is 13.1. The summed E-state index contributed by atoms with van der Waals surface area (Å²) in [6, 6.07) is -0.789. The third-order valence-electron chi connectivity index (χ3n) is 10.1. The molecule has 290 valence electrons. The number of carbonyl (C=O) groups is 3. The SMILES string of the molecule is COC(=O)[C@@H](CCCCNC(=O)N1CCN(C)CC1)NC(=O)C[C@H]1CC[C@H](C)[C@@H](/C(C)=C/CC[C@@H](C)CC(C)(C)OC(C)[C@@H](OC)[C@@H](C)O)O1. The van der Waals surface area contributed by atoms with Gasteiger partial charge in [-0.15, -0.1) is 0 Å². The van der Waals surface area contributed by atoms with Crippen LogP contribution >= 0.6 is 0 Å². The van der Waals surface area contributed by atoms with E-state index in [-0.39, 0.29) is 48.4 Å². The van der Waals surface area contributed by atoms with E-state index in [4.69, 9.17) is 18.9 Å². The molecule has 2 heterocycles. The number of aliphatic hydroxyl groups excluding tert-OH is 1. The lowest BCUT2D eigenvalue weighted by Crippen LogP contribution is -2.50. The van der Waals surface area contributed by atoms with Crippen LogP contribution in [0.1, 0.15) is 106 Å². The molecule has 0 spiro atoms. The lowest BCUT2D eigenvalue weighted by Gasteiger charge is -2.36. The van der Waals surface area contributed by atoms with Crippen LogP contribution in [0.15, 0.2) is 11.6 Å². The fourth-order valence-electron chi connectivity index (χ4n) is 7.41. The molecular weight excluding hydrogens is 640 g/mol. The second kappa shape index (κ2) is 22.0. The smallest absolute Gasteiger partial charge is 0.328 e. The summed E-state index contributed by atoms with van der Waals surface area (Å²) >= 11 is 0. The second-order valence-corrected chi connectivity index (χ2v) is 15.5. The summed E-state index contributed by atoms with van der Waals surface area (Å²) < 4.78 is 23.2. The molecule has 2 rings (SSSR count). The number of amides is 3. The van der Waals surface area contributed by atoms with Crippen molar-refractivity contribution in [2.24, 2.45) is 11.8 Å². The summed E-state index contributed by atoms with van der Waals surface area (Å²) in [5, 5.41) is 15.8. The molecule has 0 aromatic rings. The predicted octanol–water partition coefficient (Wildman–Crippen LogP) is 4.68. The molecule has 2 aliphatic heterocycles. The van der Waals surface area contributed by atoms with E-state index in [0.717, 1.165) is 58.3 Å². The molecule has 1 unspecified atom stereocenters. The first-order valence-corrected chi connectivity index (χ1v) is 18.9. The molecule has 0 saturated carbocycles. The van der Waals surface area contributed by atoms with Gasteiger partial charge in [0.25, 0.3) is 0 Å². The molecule has 0 aliphatic carbocycles. The van der Waals surface area contributed by atoms with Gasteiger partial charge in [-0.2, -0.15) is 0 Å². The first-order valence-electron chi connectivity index (χ1n) is 18.9. The van der Waals surface area contributed by atoms with Crippen molar-refractivity contribution in [3.63, 3.8) is 0 Å². The number of hydrogen-bond donors (Lipinski definition) is 3. The molecule has 0 aromatic carbocycles. The zero-order valence-corrected chi connectivity index (χ0v) is 32.8. The van der Waals surface area contributed by atoms with Gasteiger partial charge < -0.3 is 44.5 Å². The minimum absolute atomic E-state index is 0.0539. The van der Waals surface area contributed by atoms with Gasteiger partial charge in [0, 0.05) is 39.8 Å². The molecule has 0 bridgehead atoms. The fourth-order valence-corrected chi connectivity index (χ4v) is 7.41. The molecule has 3 amide bonds. The van der Waals surface area contributed by atoms with Crippen LogP contribution in [0.4, 0.5) is 4.79 Å². The number of unbranched alkanes of at least 4 members (excludes halogenated alkanes) is 1. The summed E-state index contributed by atoms with van der Waals surface area (Å²) in [5.74, 6) is 0.0896. The molecule has 2 saturated heterocycles. The predicted molar refractivity (Wildman–Crippen MR) is 196 cm³/mol. The number of allylic oxidation sites excluding steroid dienone is 1. The summed E-state index contributed by atoms with van der Waals surface area (Å²) in [4.78, 5) is 42.0. The number of hydrogen-bond acceptors (Lipinski definition) is 9. The summed E-state index contributed by atoms with van der Waals surface area (Å²) in [6.07, 6.45) is 7.32. The number of nitrogens with one attached hydrogen (secondary N) is 2. The molecule has 3 N–H and O–H groups in total. The Kier molecular flexibility index (Phi) is 19.3. The quantitative estimate of drug-likeness (QED) is 0.0935. The normalized spacial score (nSPS) is 23.8. The van der Waals surface area contributed by atoms with E-state index >= 15 is 0 Å². The Bertz CT molecular complexity index is 1060. The number of ether oxygens (including phenoxy) is 4. The van der Waals surface area contributed by atoms with Gasteiger partial charge >= 0.3 is 12.0 Å². The van der Waals surface area contributed by atoms with Gasteiger partial charge in [-0.3, -0.25) is 4.79 Å². The van der Waals surface area contributed by atoms with Crippen molar-refractivity contribution in [3.05, 3.63) is 11.6 Å². The van der Waals surface area contributed by atoms with Crippen LogP contribution in [-0.2, 0) is 28.5 Å². The maximum Gasteiger partial charge on any atom is 0.328 e. The molecule has 2 fully saturated rings. The van der Waals surface area contributed by atoms with Crippen molar-refractivity contribution in [3.8, 4) is 0 Å². The molecule has 8 atom stereocenters. The van der Waals surface area contributed by atoms with Crippen molar-refractivity contribution in [1.82, 2.24) is 20.4 Å². The van der Waals surface area contributed by atoms with E-state index in [2.05, 4.69) is 63.3 Å². The minimum Gasteiger partial charge on any atom is -0.467 e. The number of urea groups is 1. The van der Waals surface area contributed by atoms with Crippen LogP contribution in [-0.4, -0.2) is 129 Å². The Morgan fingerprint density at radius 1 is 1.04 bits per heavy atom. The lowest BCUT2D eigenvalue weighted by molar-refractivity contribution is -0.150. The van der Waals surface area contributed by atoms with E-state index in [1.54, 1.807) is 14.0 Å². The highest BCUT2D eigenvalue weighted by Crippen LogP contribution is 2.32. The topological polar surface area (TPSA) is 139 Å². The van der Waals surface area contributed by atoms with Gasteiger partial charge in [-0.05, 0) is 110 Å². The van der Waals surface area contributed by atoms with Crippen LogP contribution in [0, 0.1) is 11.8 Å². The minimum atomic E-state index is -0.735. The maximum atomic E-state index is 13.1. The Morgan fingerprint density at radius 3 is 2.34 bits per heavy atom. The van der Waals surface area contributed by atoms with Crippen LogP contribution < -0.4 is 10.6 Å². The highest BCUT2D eigenvalue weighted by molar-refractivity contribution is 5.84. The lowest BCUT2D eigenvalue weighted by atomic mass is 9.87. The number of likely N-dealkylation sites (N-methyl/N-ethyl adjacent to an activating group) is 1. The molecule has 50 heavy (non-hydrogen) atoms. The van der Waals surface area contributed by atoms with Gasteiger partial charge in [-0.25, -0.2) is 9.59 Å². The Hall–Kier alpha value is -2.25. The number of esters is 1. The van der Waals surface area contributed by atoms with Crippen LogP contribution in [0.25, 0.3) is 0 Å². The Morgan fingerprint density at radius 2 is 1.72 bits per heavy atom. The number of aliphatic hydroxyl groups is 1. The van der Waals surface area contributed by atoms with Crippen molar-refractivity contribution in [2.45, 2.75) is 148 Å². The van der Waals surface area contributed by atoms with E-state index in [9.17, 15) is 19.5 Å². The molecule has 0 aromatic heterocycles. The average molecular weight is 711 g/mol. The van der Waals surface area contributed by atoms with Crippen molar-refractivity contribution < 1.29 is 38.4 Å². The standard InChI is InChI=1S/C38H70N4O8/c1-26(25-38(6,7)50-30(5)35(47-9)29(4)43)14-13-15-27(2)34-28(3)17-18-31(49-34)24-33(44)40-32(36(45)48-10)16-11-12-19-39-37(46)42-22-20-41(8)21-23-42/h15,26,28-32,34-35,43H,11-14,16-25H2,1-10H3,(H,39,46)(H,40,44)/b27-15+/t26-,28+,29-,30?,31-,32-,34-,35+/m1/s1. The first kappa shape index (κ1) is 43.9. The average Bonchev–Trinajstić information content (AvgIpc) is 3.04. The number of nitrogens with zero attached hydrogens (tertiary/aromatic N) is 2. The highest BCUT2D eigenvalue weighted by Gasteiger charge is 2.33. The summed E-state index contributed by atoms with van der Waals surface area (Å²) in [6.45, 7) is 18.1. The van der Waals surface area contributed by atoms with Gasteiger partial charge in [0.05, 0.1) is 43.5 Å². The van der Waals surface area contributed by atoms with Crippen molar-refractivity contribution in [1.29, 1.82) is 0 Å². The molecule has 12 nitrogen and oxygen atoms in total. The largest absolute Gasteiger partial charge is 0.467 e. The van der Waals surface area contributed by atoms with Crippen LogP contribution in [0.2, 0.25) is 0 Å². The summed E-state index contributed by atoms with van der Waals surface area (Å²) in [7, 11) is 4.98. The second-order valence-electron chi connectivity index (χ2n) is 15.5. The molecule has 0 radical (unpaired) electrons. The highest BCUT2D eigenvalue weighted by atomic mass is 16.6. The van der Waals surface area contributed by atoms with Crippen molar-refractivity contribution in [2.75, 3.05) is 54.0 Å². The number of methoxy groups -OCH3 is 2. The van der Waals surface area contributed by atoms with Crippen LogP contribution in [0.3, 0.4) is 0 Å². The molecular formula is C38H70N4O8. The van der Waals surface area contributed by atoms with E-state index in [1.807, 2.05) is 11.8 Å². The van der Waals surface area contributed by atoms with Crippen molar-refractivity contribution >= 4 is 17.9 Å². The Balaban J connectivity index is 1.79. The van der Waals surface area contributed by atoms with Gasteiger partial charge in [0.2, 0.25) is 5.91 Å². The molecule has 12 heteroatoms. The number of piperazine rings is 1. The number of carbonyl (C=O) groups excluding carboxylic acids is 3. The third-order valence-corrected chi connectivity index (χ3v) is 10.1. The van der Waals surface area contributed by atoms with Gasteiger partial charge in [-0.1, -0.05) is 19.9 Å². The van der Waals surface area contributed by atoms with E-state index in [0.29, 0.717) is 37.6 Å². The number of rotatable bonds is 20. The third kappa shape index (κ3) is 15.6. The summed E-state index contributed by atoms with van der Waals surface area (Å²) in [5.41, 5.74) is 0.832. The first-order chi connectivity index (χ1) is 23.6. The zero-order valence-electron chi connectivity index (χ0n) is 32.8. The van der Waals surface area contributed by atoms with E-state index in [1.165, 1.54) is 12.7 Å². The van der Waals surface area contributed by atoms with Gasteiger partial charge in [0.1, 0.15) is 12.1 Å². The fraction of sp³-hybridized carbons (Fsp3) is 0.868. The van der Waals surface area contributed by atoms with E-state index < -0.39 is 18.1 Å².